The number of likely N-dealkylation sites (tertiary alicyclic amines) is 1. The van der Waals surface area contributed by atoms with E-state index in [0.717, 1.165) is 19.4 Å². The molecule has 0 saturated carbocycles. The number of carboxylic acid groups (broad SMARTS) is 1. The minimum absolute atomic E-state index is 0.135. The van der Waals surface area contributed by atoms with E-state index in [4.69, 9.17) is 5.11 Å². The van der Waals surface area contributed by atoms with Crippen LogP contribution in [-0.2, 0) is 0 Å². The zero-order valence-corrected chi connectivity index (χ0v) is 12.4. The van der Waals surface area contributed by atoms with Crippen LogP contribution in [0.2, 0.25) is 0 Å². The van der Waals surface area contributed by atoms with Gasteiger partial charge in [-0.3, -0.25) is 0 Å². The smallest absolute Gasteiger partial charge is 0.335 e. The Morgan fingerprint density at radius 2 is 1.95 bits per heavy atom. The van der Waals surface area contributed by atoms with Gasteiger partial charge >= 0.3 is 12.0 Å². The van der Waals surface area contributed by atoms with Gasteiger partial charge in [0.2, 0.25) is 0 Å². The average Bonchev–Trinajstić information content (AvgIpc) is 2.48. The number of carbonyl (C=O) groups excluding carboxylic acids is 1. The Labute approximate surface area is 124 Å². The van der Waals surface area contributed by atoms with Gasteiger partial charge in [0.15, 0.2) is 0 Å². The Bertz CT molecular complexity index is 513. The molecule has 1 fully saturated rings. The van der Waals surface area contributed by atoms with Crippen LogP contribution < -0.4 is 5.32 Å². The van der Waals surface area contributed by atoms with Gasteiger partial charge in [-0.15, -0.1) is 0 Å². The Morgan fingerprint density at radius 3 is 2.52 bits per heavy atom. The zero-order valence-electron chi connectivity index (χ0n) is 12.4. The van der Waals surface area contributed by atoms with Crippen molar-refractivity contribution in [1.82, 2.24) is 9.80 Å². The minimum Gasteiger partial charge on any atom is -0.478 e. The number of anilines is 1. The fourth-order valence-electron chi connectivity index (χ4n) is 2.46. The molecule has 1 aromatic rings. The van der Waals surface area contributed by atoms with Crippen molar-refractivity contribution in [1.29, 1.82) is 0 Å². The van der Waals surface area contributed by atoms with E-state index in [9.17, 15) is 9.59 Å². The highest BCUT2D eigenvalue weighted by Gasteiger charge is 2.24. The van der Waals surface area contributed by atoms with E-state index < -0.39 is 5.97 Å². The fraction of sp³-hybridized carbons (Fsp3) is 0.467. The van der Waals surface area contributed by atoms with Crippen molar-refractivity contribution in [2.24, 2.45) is 0 Å². The third kappa shape index (κ3) is 3.95. The summed E-state index contributed by atoms with van der Waals surface area (Å²) < 4.78 is 0. The summed E-state index contributed by atoms with van der Waals surface area (Å²) in [7, 11) is 4.05. The first-order valence-corrected chi connectivity index (χ1v) is 7.03. The second-order valence-corrected chi connectivity index (χ2v) is 5.52. The van der Waals surface area contributed by atoms with E-state index in [1.807, 2.05) is 14.1 Å². The monoisotopic (exact) mass is 291 g/mol. The van der Waals surface area contributed by atoms with E-state index in [1.54, 1.807) is 17.0 Å². The molecule has 1 saturated heterocycles. The Morgan fingerprint density at radius 1 is 1.29 bits per heavy atom. The molecular formula is C15H21N3O3. The highest BCUT2D eigenvalue weighted by Crippen LogP contribution is 2.16. The molecule has 21 heavy (non-hydrogen) atoms. The molecule has 1 unspecified atom stereocenters. The van der Waals surface area contributed by atoms with Gasteiger partial charge in [0.25, 0.3) is 0 Å². The van der Waals surface area contributed by atoms with E-state index in [-0.39, 0.29) is 11.6 Å². The summed E-state index contributed by atoms with van der Waals surface area (Å²) >= 11 is 0. The Balaban J connectivity index is 1.96. The SMILES string of the molecule is CN(C)C1CCCN(C(=O)Nc2ccc(C(=O)O)cc2)C1. The molecule has 0 aliphatic carbocycles. The van der Waals surface area contributed by atoms with Gasteiger partial charge in [-0.25, -0.2) is 9.59 Å². The standard InChI is InChI=1S/C15H21N3O3/c1-17(2)13-4-3-9-18(10-13)15(21)16-12-7-5-11(6-8-12)14(19)20/h5-8,13H,3-4,9-10H2,1-2H3,(H,16,21)(H,19,20). The van der Waals surface area contributed by atoms with Gasteiger partial charge < -0.3 is 20.2 Å². The van der Waals surface area contributed by atoms with Crippen LogP contribution in [0.15, 0.2) is 24.3 Å². The molecule has 114 valence electrons. The van der Waals surface area contributed by atoms with Crippen LogP contribution in [0, 0.1) is 0 Å². The molecule has 0 radical (unpaired) electrons. The molecule has 0 bridgehead atoms. The maximum absolute atomic E-state index is 12.2. The largest absolute Gasteiger partial charge is 0.478 e. The predicted molar refractivity (Wildman–Crippen MR) is 80.7 cm³/mol. The Hall–Kier alpha value is -2.08. The molecule has 2 amide bonds. The highest BCUT2D eigenvalue weighted by atomic mass is 16.4. The van der Waals surface area contributed by atoms with Gasteiger partial charge in [-0.2, -0.15) is 0 Å². The molecule has 1 aliphatic heterocycles. The van der Waals surface area contributed by atoms with Crippen LogP contribution in [0.5, 0.6) is 0 Å². The summed E-state index contributed by atoms with van der Waals surface area (Å²) in [5, 5.41) is 11.7. The van der Waals surface area contributed by atoms with Crippen molar-refractivity contribution in [2.75, 3.05) is 32.5 Å². The summed E-state index contributed by atoms with van der Waals surface area (Å²) in [6.45, 7) is 1.47. The summed E-state index contributed by atoms with van der Waals surface area (Å²) in [5.74, 6) is -0.974. The number of carboxylic acids is 1. The summed E-state index contributed by atoms with van der Waals surface area (Å²) in [5.41, 5.74) is 0.815. The first kappa shape index (κ1) is 15.3. The van der Waals surface area contributed by atoms with Crippen molar-refractivity contribution in [3.8, 4) is 0 Å². The van der Waals surface area contributed by atoms with E-state index in [2.05, 4.69) is 10.2 Å². The lowest BCUT2D eigenvalue weighted by atomic mass is 10.1. The van der Waals surface area contributed by atoms with Crippen LogP contribution in [0.4, 0.5) is 10.5 Å². The number of piperidine rings is 1. The number of hydrogen-bond donors (Lipinski definition) is 2. The molecule has 6 heteroatoms. The number of nitrogens with one attached hydrogen (secondary N) is 1. The summed E-state index contributed by atoms with van der Waals surface area (Å²) in [6, 6.07) is 6.43. The first-order valence-electron chi connectivity index (χ1n) is 7.03. The van der Waals surface area contributed by atoms with Crippen LogP contribution in [0.25, 0.3) is 0 Å². The van der Waals surface area contributed by atoms with Crippen LogP contribution in [0.1, 0.15) is 23.2 Å². The van der Waals surface area contributed by atoms with E-state index >= 15 is 0 Å². The number of likely N-dealkylation sites (N-methyl/N-ethyl adjacent to an activating group) is 1. The number of benzene rings is 1. The number of aromatic carboxylic acids is 1. The molecular weight excluding hydrogens is 270 g/mol. The quantitative estimate of drug-likeness (QED) is 0.892. The zero-order chi connectivity index (χ0) is 15.4. The van der Waals surface area contributed by atoms with Crippen molar-refractivity contribution >= 4 is 17.7 Å². The first-order chi connectivity index (χ1) is 9.97. The fourth-order valence-corrected chi connectivity index (χ4v) is 2.46. The molecule has 1 heterocycles. The van der Waals surface area contributed by atoms with Gasteiger partial charge in [0, 0.05) is 24.8 Å². The lowest BCUT2D eigenvalue weighted by Gasteiger charge is -2.36. The predicted octanol–water partition coefficient (Wildman–Crippen LogP) is 1.94. The lowest BCUT2D eigenvalue weighted by Crippen LogP contribution is -2.48. The maximum Gasteiger partial charge on any atom is 0.335 e. The maximum atomic E-state index is 12.2. The van der Waals surface area contributed by atoms with Crippen LogP contribution in [-0.4, -0.2) is 60.1 Å². The topological polar surface area (TPSA) is 72.9 Å². The minimum atomic E-state index is -0.974. The highest BCUT2D eigenvalue weighted by molar-refractivity contribution is 5.91. The molecule has 1 atom stereocenters. The molecule has 0 aromatic heterocycles. The number of rotatable bonds is 3. The lowest BCUT2D eigenvalue weighted by molar-refractivity contribution is 0.0697. The van der Waals surface area contributed by atoms with Crippen molar-refractivity contribution in [2.45, 2.75) is 18.9 Å². The van der Waals surface area contributed by atoms with Crippen molar-refractivity contribution in [3.63, 3.8) is 0 Å². The molecule has 1 aromatic carbocycles. The molecule has 2 rings (SSSR count). The molecule has 0 spiro atoms. The van der Waals surface area contributed by atoms with Crippen LogP contribution >= 0.6 is 0 Å². The Kier molecular flexibility index (Phi) is 4.80. The van der Waals surface area contributed by atoms with Crippen LogP contribution in [0.3, 0.4) is 0 Å². The summed E-state index contributed by atoms with van der Waals surface area (Å²) in [4.78, 5) is 27.0. The number of amides is 2. The molecule has 6 nitrogen and oxygen atoms in total. The van der Waals surface area contributed by atoms with Crippen molar-refractivity contribution in [3.05, 3.63) is 29.8 Å². The van der Waals surface area contributed by atoms with Gasteiger partial charge in [0.05, 0.1) is 5.56 Å². The third-order valence-corrected chi connectivity index (χ3v) is 3.80. The number of carbonyl (C=O) groups is 2. The third-order valence-electron chi connectivity index (χ3n) is 3.80. The van der Waals surface area contributed by atoms with E-state index in [1.165, 1.54) is 12.1 Å². The number of urea groups is 1. The second kappa shape index (κ2) is 6.58. The number of hydrogen-bond acceptors (Lipinski definition) is 3. The molecule has 2 N–H and O–H groups in total. The second-order valence-electron chi connectivity index (χ2n) is 5.52. The van der Waals surface area contributed by atoms with E-state index in [0.29, 0.717) is 18.3 Å². The van der Waals surface area contributed by atoms with Gasteiger partial charge in [-0.05, 0) is 51.2 Å². The van der Waals surface area contributed by atoms with Gasteiger partial charge in [0.1, 0.15) is 0 Å². The summed E-state index contributed by atoms with van der Waals surface area (Å²) in [6.07, 6.45) is 2.10. The van der Waals surface area contributed by atoms with Crippen molar-refractivity contribution < 1.29 is 14.7 Å². The average molecular weight is 291 g/mol. The molecule has 1 aliphatic rings. The van der Waals surface area contributed by atoms with Gasteiger partial charge in [-0.1, -0.05) is 0 Å². The normalized spacial score (nSPS) is 18.6. The number of nitrogens with zero attached hydrogens (tertiary/aromatic N) is 2.